The number of para-hydroxylation sites is 1. The average molecular weight is 569 g/mol. The molecular weight excluding hydrogens is 527 g/mol. The Morgan fingerprint density at radius 3 is 2.34 bits per heavy atom. The number of ether oxygens (including phenoxy) is 1. The number of hydrogen-bond acceptors (Lipinski definition) is 6. The molecule has 4 N–H and O–H groups in total. The molecule has 0 bridgehead atoms. The number of fused-ring (bicyclic) bond motifs is 1. The molecule has 1 saturated carbocycles. The second kappa shape index (κ2) is 14.7. The van der Waals surface area contributed by atoms with E-state index in [1.54, 1.807) is 18.2 Å². The third-order valence-electron chi connectivity index (χ3n) is 6.80. The van der Waals surface area contributed by atoms with E-state index < -0.39 is 23.6 Å². The maximum absolute atomic E-state index is 13.3. The third-order valence-corrected chi connectivity index (χ3v) is 6.80. The fraction of sp³-hybridized carbons (Fsp3) is 0.452. The number of benzene rings is 2. The molecule has 0 saturated heterocycles. The van der Waals surface area contributed by atoms with Crippen molar-refractivity contribution in [2.45, 2.75) is 51.3 Å². The summed E-state index contributed by atoms with van der Waals surface area (Å²) in [6.07, 6.45) is 5.51. The summed E-state index contributed by atoms with van der Waals surface area (Å²) in [4.78, 5) is 39.7. The number of aryl methyl sites for hydroxylation is 1. The van der Waals surface area contributed by atoms with Crippen LogP contribution < -0.4 is 20.7 Å². The van der Waals surface area contributed by atoms with Crippen LogP contribution in [0.4, 0.5) is 4.39 Å². The van der Waals surface area contributed by atoms with Crippen molar-refractivity contribution in [1.82, 2.24) is 20.9 Å². The van der Waals surface area contributed by atoms with Crippen LogP contribution in [0.3, 0.4) is 0 Å². The lowest BCUT2D eigenvalue weighted by molar-refractivity contribution is -0.149. The van der Waals surface area contributed by atoms with Crippen molar-refractivity contribution in [2.24, 2.45) is 5.92 Å². The van der Waals surface area contributed by atoms with Gasteiger partial charge in [0.25, 0.3) is 0 Å². The number of nitrogens with zero attached hydrogens (tertiary/aromatic N) is 1. The van der Waals surface area contributed by atoms with E-state index in [0.717, 1.165) is 24.0 Å². The van der Waals surface area contributed by atoms with Crippen molar-refractivity contribution in [3.63, 3.8) is 0 Å². The van der Waals surface area contributed by atoms with Gasteiger partial charge in [-0.25, -0.2) is 4.39 Å². The Hall–Kier alpha value is -3.76. The zero-order valence-electron chi connectivity index (χ0n) is 24.2. The molecule has 2 aromatic carbocycles. The van der Waals surface area contributed by atoms with Gasteiger partial charge in [0, 0.05) is 25.7 Å². The summed E-state index contributed by atoms with van der Waals surface area (Å²) in [5.41, 5.74) is 0.463. The molecule has 1 aliphatic heterocycles. The van der Waals surface area contributed by atoms with Crippen LogP contribution in [0.15, 0.2) is 54.6 Å². The van der Waals surface area contributed by atoms with E-state index in [9.17, 15) is 23.9 Å². The van der Waals surface area contributed by atoms with Gasteiger partial charge >= 0.3 is 0 Å². The molecule has 0 aromatic heterocycles. The van der Waals surface area contributed by atoms with Gasteiger partial charge in [-0.05, 0) is 57.7 Å². The lowest BCUT2D eigenvalue weighted by Gasteiger charge is -2.37. The van der Waals surface area contributed by atoms with Crippen LogP contribution in [0.1, 0.15) is 37.8 Å². The maximum atomic E-state index is 13.3. The summed E-state index contributed by atoms with van der Waals surface area (Å²) in [6, 6.07) is 12.4. The molecular formula is C31H41FN4O5. The van der Waals surface area contributed by atoms with Crippen molar-refractivity contribution in [2.75, 3.05) is 33.3 Å². The van der Waals surface area contributed by atoms with E-state index in [-0.39, 0.29) is 36.6 Å². The molecule has 2 aromatic rings. The number of halogens is 1. The minimum absolute atomic E-state index is 0.171. The quantitative estimate of drug-likeness (QED) is 0.442. The Morgan fingerprint density at radius 1 is 1.02 bits per heavy atom. The highest BCUT2D eigenvalue weighted by molar-refractivity contribution is 5.92. The Balaban J connectivity index is 0.000000496. The number of nitrogens with one attached hydrogen (secondary N) is 3. The molecule has 222 valence electrons. The van der Waals surface area contributed by atoms with Crippen LogP contribution in [0.25, 0.3) is 6.08 Å². The third kappa shape index (κ3) is 9.98. The van der Waals surface area contributed by atoms with Crippen molar-refractivity contribution >= 4 is 23.8 Å². The Labute approximate surface area is 241 Å². The van der Waals surface area contributed by atoms with E-state index in [1.165, 1.54) is 37.9 Å². The van der Waals surface area contributed by atoms with Crippen molar-refractivity contribution in [1.29, 1.82) is 0 Å². The molecule has 0 radical (unpaired) electrons. The van der Waals surface area contributed by atoms with E-state index in [2.05, 4.69) is 16.0 Å². The normalized spacial score (nSPS) is 22.0. The fourth-order valence-corrected chi connectivity index (χ4v) is 4.55. The highest BCUT2D eigenvalue weighted by atomic mass is 19.1. The zero-order valence-corrected chi connectivity index (χ0v) is 24.2. The van der Waals surface area contributed by atoms with Crippen LogP contribution in [-0.2, 0) is 14.4 Å². The van der Waals surface area contributed by atoms with E-state index in [1.807, 2.05) is 37.3 Å². The van der Waals surface area contributed by atoms with Gasteiger partial charge in [0.05, 0.1) is 18.2 Å². The monoisotopic (exact) mass is 568 g/mol. The van der Waals surface area contributed by atoms with Gasteiger partial charge < -0.3 is 30.7 Å². The molecule has 2 unspecified atom stereocenters. The van der Waals surface area contributed by atoms with Gasteiger partial charge in [-0.3, -0.25) is 14.4 Å². The number of likely N-dealkylation sites (N-methyl/N-ethyl adjacent to an activating group) is 1. The minimum atomic E-state index is -1.50. The van der Waals surface area contributed by atoms with E-state index in [0.29, 0.717) is 18.9 Å². The lowest BCUT2D eigenvalue weighted by atomic mass is 9.95. The van der Waals surface area contributed by atoms with E-state index in [4.69, 9.17) is 4.74 Å². The zero-order chi connectivity index (χ0) is 30.0. The Morgan fingerprint density at radius 2 is 1.71 bits per heavy atom. The largest absolute Gasteiger partial charge is 0.492 e. The van der Waals surface area contributed by atoms with E-state index >= 15 is 0 Å². The van der Waals surface area contributed by atoms with Crippen LogP contribution in [0.2, 0.25) is 0 Å². The van der Waals surface area contributed by atoms with Gasteiger partial charge in [-0.2, -0.15) is 0 Å². The van der Waals surface area contributed by atoms with Crippen LogP contribution in [-0.4, -0.2) is 78.7 Å². The summed E-state index contributed by atoms with van der Waals surface area (Å²) >= 11 is 0. The second-order valence-corrected chi connectivity index (χ2v) is 10.9. The predicted molar refractivity (Wildman–Crippen MR) is 155 cm³/mol. The van der Waals surface area contributed by atoms with Crippen LogP contribution in [0.5, 0.6) is 5.75 Å². The molecule has 1 aliphatic carbocycles. The van der Waals surface area contributed by atoms with Gasteiger partial charge in [0.15, 0.2) is 0 Å². The number of carbonyl (C=O) groups excluding carboxylic acids is 3. The van der Waals surface area contributed by atoms with Crippen molar-refractivity contribution in [3.05, 3.63) is 71.6 Å². The molecule has 1 heterocycles. The number of amides is 3. The first-order chi connectivity index (χ1) is 19.5. The Bertz CT molecular complexity index is 1190. The summed E-state index contributed by atoms with van der Waals surface area (Å²) in [7, 11) is 1.51. The summed E-state index contributed by atoms with van der Waals surface area (Å²) < 4.78 is 18.0. The lowest BCUT2D eigenvalue weighted by Crippen LogP contribution is -2.62. The van der Waals surface area contributed by atoms with Gasteiger partial charge in [0.2, 0.25) is 17.7 Å². The molecule has 9 nitrogen and oxygen atoms in total. The summed E-state index contributed by atoms with van der Waals surface area (Å²) in [5.74, 6) is -0.512. The number of rotatable bonds is 2. The molecule has 0 spiro atoms. The van der Waals surface area contributed by atoms with Gasteiger partial charge in [-0.15, -0.1) is 0 Å². The van der Waals surface area contributed by atoms with Crippen LogP contribution >= 0.6 is 0 Å². The minimum Gasteiger partial charge on any atom is -0.492 e. The Kier molecular flexibility index (Phi) is 11.4. The van der Waals surface area contributed by atoms with Crippen LogP contribution in [0, 0.1) is 18.7 Å². The predicted octanol–water partition coefficient (Wildman–Crippen LogP) is 2.42. The molecule has 3 amide bonds. The van der Waals surface area contributed by atoms with Crippen molar-refractivity contribution in [3.8, 4) is 5.75 Å². The smallest absolute Gasteiger partial charge is 0.246 e. The first-order valence-electron chi connectivity index (χ1n) is 13.8. The van der Waals surface area contributed by atoms with Crippen molar-refractivity contribution < 1.29 is 28.6 Å². The summed E-state index contributed by atoms with van der Waals surface area (Å²) in [5, 5.41) is 19.2. The SMILES string of the molecule is CN1C(=O)C(C2CC2)NCCOc2ccccc2/C=C/CNC(=O)CNC(=O)C1C(C)(C)O.Cc1ccc(F)cc1. The molecule has 10 heteroatoms. The topological polar surface area (TPSA) is 120 Å². The summed E-state index contributed by atoms with van der Waals surface area (Å²) in [6.45, 7) is 5.71. The molecule has 4 rings (SSSR count). The fourth-order valence-electron chi connectivity index (χ4n) is 4.55. The highest BCUT2D eigenvalue weighted by Crippen LogP contribution is 2.34. The standard InChI is InChI=1S/C24H34N4O5.C7H7F/c1-24(2,32)21-22(30)27-15-19(29)25-12-6-8-16-7-4-5-9-18(16)33-14-13-26-20(17-10-11-17)23(31)28(21)3;1-6-2-4-7(8)5-3-6/h4-9,17,20-21,26,32H,10-15H2,1-3H3,(H,25,29)(H,27,30);2-5H,1H3/b8-6+;. The molecule has 2 aliphatic rings. The van der Waals surface area contributed by atoms with Gasteiger partial charge in [0.1, 0.15) is 24.2 Å². The number of hydrogen-bond donors (Lipinski definition) is 4. The average Bonchev–Trinajstić information content (AvgIpc) is 3.76. The first-order valence-corrected chi connectivity index (χ1v) is 13.8. The molecule has 1 fully saturated rings. The number of aliphatic hydroxyl groups is 1. The van der Waals surface area contributed by atoms with Gasteiger partial charge in [-0.1, -0.05) is 48.0 Å². The highest BCUT2D eigenvalue weighted by Gasteiger charge is 2.44. The molecule has 2 atom stereocenters. The maximum Gasteiger partial charge on any atom is 0.246 e. The molecule has 41 heavy (non-hydrogen) atoms. The first kappa shape index (κ1) is 31.8. The second-order valence-electron chi connectivity index (χ2n) is 10.9. The number of carbonyl (C=O) groups is 3.